The number of carbonyl (C=O) groups excluding carboxylic acids is 1. The summed E-state index contributed by atoms with van der Waals surface area (Å²) in [7, 11) is -3.77. The molecule has 0 unspecified atom stereocenters. The lowest BCUT2D eigenvalue weighted by molar-refractivity contribution is -0.210. The van der Waals surface area contributed by atoms with Crippen LogP contribution in [0.5, 0.6) is 5.75 Å². The second-order valence-corrected chi connectivity index (χ2v) is 10.2. The van der Waals surface area contributed by atoms with Gasteiger partial charge in [-0.3, -0.25) is 9.78 Å². The van der Waals surface area contributed by atoms with Crippen LogP contribution in [-0.2, 0) is 25.9 Å². The van der Waals surface area contributed by atoms with E-state index < -0.39 is 21.9 Å². The van der Waals surface area contributed by atoms with E-state index in [2.05, 4.69) is 10.2 Å². The second-order valence-electron chi connectivity index (χ2n) is 7.84. The Kier molecular flexibility index (Phi) is 11.2. The zero-order chi connectivity index (χ0) is 25.4. The molecule has 11 heteroatoms. The van der Waals surface area contributed by atoms with Crippen molar-refractivity contribution in [2.45, 2.75) is 35.3 Å². The van der Waals surface area contributed by atoms with Crippen molar-refractivity contribution in [3.63, 3.8) is 0 Å². The highest BCUT2D eigenvalue weighted by molar-refractivity contribution is 7.91. The van der Waals surface area contributed by atoms with Gasteiger partial charge < -0.3 is 15.5 Å². The lowest BCUT2D eigenvalue weighted by atomic mass is 10.1. The fourth-order valence-electron chi connectivity index (χ4n) is 3.32. The highest BCUT2D eigenvalue weighted by Crippen LogP contribution is 2.24. The predicted octanol–water partition coefficient (Wildman–Crippen LogP) is 3.68. The van der Waals surface area contributed by atoms with E-state index in [9.17, 15) is 23.4 Å². The second kappa shape index (κ2) is 13.6. The van der Waals surface area contributed by atoms with E-state index >= 15 is 0 Å². The van der Waals surface area contributed by atoms with Crippen molar-refractivity contribution in [3.8, 4) is 5.75 Å². The Bertz CT molecular complexity index is 1240. The molecule has 0 bridgehead atoms. The Morgan fingerprint density at radius 2 is 1.64 bits per heavy atom. The largest absolute Gasteiger partial charge is 0.395 e. The van der Waals surface area contributed by atoms with E-state index in [1.165, 1.54) is 43.3 Å². The fourth-order valence-corrected chi connectivity index (χ4v) is 4.78. The van der Waals surface area contributed by atoms with Gasteiger partial charge in [-0.05, 0) is 66.1 Å². The van der Waals surface area contributed by atoms with Crippen molar-refractivity contribution in [2.75, 3.05) is 13.2 Å². The predicted molar refractivity (Wildman–Crippen MR) is 137 cm³/mol. The minimum Gasteiger partial charge on any atom is -0.395 e. The zero-order valence-corrected chi connectivity index (χ0v) is 21.7. The molecule has 0 aliphatic rings. The number of benzene rings is 3. The van der Waals surface area contributed by atoms with Crippen LogP contribution in [0.3, 0.4) is 0 Å². The fraction of sp³-hybridized carbons (Fsp3) is 0.240. The molecular weight excluding hydrogens is 529 g/mol. The third-order valence-electron chi connectivity index (χ3n) is 5.16. The van der Waals surface area contributed by atoms with Crippen LogP contribution in [0, 0.1) is 0 Å². The summed E-state index contributed by atoms with van der Waals surface area (Å²) in [6.07, 6.45) is -0.359. The van der Waals surface area contributed by atoms with Gasteiger partial charge in [0.15, 0.2) is 5.75 Å². The lowest BCUT2D eigenvalue weighted by Crippen LogP contribution is -2.37. The number of aliphatic hydroxyl groups excluding tert-OH is 2. The molecule has 0 aliphatic heterocycles. The summed E-state index contributed by atoms with van der Waals surface area (Å²) in [5.41, 5.74) is 1.49. The van der Waals surface area contributed by atoms with Crippen LogP contribution in [0.15, 0.2) is 82.6 Å². The molecule has 0 saturated carbocycles. The number of nitrogens with one attached hydrogen (secondary N) is 1. The van der Waals surface area contributed by atoms with Crippen molar-refractivity contribution >= 4 is 39.8 Å². The van der Waals surface area contributed by atoms with Gasteiger partial charge in [0.1, 0.15) is 0 Å². The maximum absolute atomic E-state index is 12.9. The molecule has 2 atom stereocenters. The van der Waals surface area contributed by atoms with Crippen LogP contribution in [0.25, 0.3) is 0 Å². The Labute approximate surface area is 221 Å². The summed E-state index contributed by atoms with van der Waals surface area (Å²) in [5, 5.41) is 23.8. The highest BCUT2D eigenvalue weighted by atomic mass is 35.5. The van der Waals surface area contributed by atoms with Gasteiger partial charge in [-0.15, -0.1) is 12.4 Å². The molecular formula is C25H27Cl2NO7S. The maximum Gasteiger partial charge on any atom is 0.352 e. The monoisotopic (exact) mass is 555 g/mol. The van der Waals surface area contributed by atoms with Gasteiger partial charge in [0, 0.05) is 24.5 Å². The standard InChI is InChI=1S/C25H26ClNO7S.ClH/c1-17(29)33-34-22-7-11-24(12-8-22)35(31,32)23-9-5-18(6-10-23)13-21(16-28)27-15-25(30)19-3-2-4-20(26)14-19;/h2-12,14,21,25,27-28,30H,13,15-16H2,1H3;1H/t21-,25-;/m0./s1. The summed E-state index contributed by atoms with van der Waals surface area (Å²) in [6.45, 7) is 1.24. The first-order chi connectivity index (χ1) is 16.7. The van der Waals surface area contributed by atoms with Crippen molar-refractivity contribution < 1.29 is 33.2 Å². The van der Waals surface area contributed by atoms with Crippen LogP contribution in [0.1, 0.15) is 24.2 Å². The van der Waals surface area contributed by atoms with Crippen molar-refractivity contribution in [2.24, 2.45) is 0 Å². The third-order valence-corrected chi connectivity index (χ3v) is 7.18. The number of hydrogen-bond acceptors (Lipinski definition) is 8. The minimum atomic E-state index is -3.77. The first-order valence-corrected chi connectivity index (χ1v) is 12.6. The Balaban J connectivity index is 0.00000456. The van der Waals surface area contributed by atoms with Gasteiger partial charge in [0.25, 0.3) is 0 Å². The minimum absolute atomic E-state index is 0. The summed E-state index contributed by atoms with van der Waals surface area (Å²) in [5.74, 6) is -0.435. The quantitative estimate of drug-likeness (QED) is 0.242. The number of aliphatic hydroxyl groups is 2. The molecule has 3 N–H and O–H groups in total. The SMILES string of the molecule is CC(=O)OOc1ccc(S(=O)(=O)c2ccc(C[C@@H](CO)NC[C@H](O)c3cccc(Cl)c3)cc2)cc1.Cl. The van der Waals surface area contributed by atoms with Crippen molar-refractivity contribution in [1.29, 1.82) is 0 Å². The third kappa shape index (κ3) is 8.19. The molecule has 0 heterocycles. The van der Waals surface area contributed by atoms with Crippen LogP contribution >= 0.6 is 24.0 Å². The molecule has 36 heavy (non-hydrogen) atoms. The molecule has 3 rings (SSSR count). The van der Waals surface area contributed by atoms with Gasteiger partial charge >= 0.3 is 5.97 Å². The van der Waals surface area contributed by atoms with E-state index in [0.717, 1.165) is 5.56 Å². The molecule has 3 aromatic carbocycles. The first kappa shape index (κ1) is 29.6. The molecule has 0 radical (unpaired) electrons. The van der Waals surface area contributed by atoms with Gasteiger partial charge in [-0.2, -0.15) is 0 Å². The molecule has 194 valence electrons. The summed E-state index contributed by atoms with van der Waals surface area (Å²) < 4.78 is 25.8. The van der Waals surface area contributed by atoms with Crippen LogP contribution in [0.4, 0.5) is 0 Å². The number of halogens is 2. The normalized spacial score (nSPS) is 12.8. The van der Waals surface area contributed by atoms with Gasteiger partial charge in [0.2, 0.25) is 9.84 Å². The number of hydrogen-bond donors (Lipinski definition) is 3. The molecule has 8 nitrogen and oxygen atoms in total. The molecule has 0 aromatic heterocycles. The Morgan fingerprint density at radius 1 is 1.03 bits per heavy atom. The van der Waals surface area contributed by atoms with Gasteiger partial charge in [-0.1, -0.05) is 35.9 Å². The number of carbonyl (C=O) groups is 1. The smallest absolute Gasteiger partial charge is 0.352 e. The van der Waals surface area contributed by atoms with E-state index in [1.54, 1.807) is 36.4 Å². The topological polar surface area (TPSA) is 122 Å². The molecule has 0 aliphatic carbocycles. The summed E-state index contributed by atoms with van der Waals surface area (Å²) >= 11 is 5.96. The molecule has 0 spiro atoms. The lowest BCUT2D eigenvalue weighted by Gasteiger charge is -2.19. The van der Waals surface area contributed by atoms with Crippen LogP contribution < -0.4 is 10.2 Å². The van der Waals surface area contributed by atoms with Gasteiger partial charge in [-0.25, -0.2) is 13.2 Å². The zero-order valence-electron chi connectivity index (χ0n) is 19.3. The van der Waals surface area contributed by atoms with E-state index in [0.29, 0.717) is 17.0 Å². The maximum atomic E-state index is 12.9. The van der Waals surface area contributed by atoms with Crippen LogP contribution in [-0.4, -0.2) is 43.8 Å². The number of rotatable bonds is 11. The number of sulfone groups is 1. The molecule has 0 saturated heterocycles. The van der Waals surface area contributed by atoms with Crippen molar-refractivity contribution in [3.05, 3.63) is 88.9 Å². The van der Waals surface area contributed by atoms with E-state index in [1.807, 2.05) is 0 Å². The first-order valence-electron chi connectivity index (χ1n) is 10.8. The Hall–Kier alpha value is -2.66. The Morgan fingerprint density at radius 3 is 2.19 bits per heavy atom. The van der Waals surface area contributed by atoms with E-state index in [4.69, 9.17) is 16.5 Å². The van der Waals surface area contributed by atoms with Gasteiger partial charge in [0.05, 0.1) is 22.5 Å². The molecule has 3 aromatic rings. The van der Waals surface area contributed by atoms with Crippen molar-refractivity contribution in [1.82, 2.24) is 5.32 Å². The van der Waals surface area contributed by atoms with E-state index in [-0.39, 0.29) is 47.1 Å². The average molecular weight is 556 g/mol. The van der Waals surface area contributed by atoms with Crippen LogP contribution in [0.2, 0.25) is 5.02 Å². The molecule has 0 amide bonds. The summed E-state index contributed by atoms with van der Waals surface area (Å²) in [4.78, 5) is 20.2. The average Bonchev–Trinajstić information content (AvgIpc) is 2.85. The highest BCUT2D eigenvalue weighted by Gasteiger charge is 2.19. The molecule has 0 fully saturated rings. The summed E-state index contributed by atoms with van der Waals surface area (Å²) in [6, 6.07) is 18.5.